The van der Waals surface area contributed by atoms with Gasteiger partial charge in [0.15, 0.2) is 0 Å². The zero-order valence-electron chi connectivity index (χ0n) is 8.51. The lowest BCUT2D eigenvalue weighted by molar-refractivity contribution is 0.391. The van der Waals surface area contributed by atoms with E-state index in [4.69, 9.17) is 4.52 Å². The summed E-state index contributed by atoms with van der Waals surface area (Å²) in [5.41, 5.74) is 1.74. The molecule has 0 saturated carbocycles. The smallest absolute Gasteiger partial charge is 0.223 e. The van der Waals surface area contributed by atoms with E-state index in [2.05, 4.69) is 20.1 Å². The lowest BCUT2D eigenvalue weighted by Crippen LogP contribution is -1.92. The van der Waals surface area contributed by atoms with Crippen molar-refractivity contribution < 1.29 is 4.52 Å². The molecule has 0 unspecified atom stereocenters. The zero-order valence-corrected chi connectivity index (χ0v) is 8.51. The largest absolute Gasteiger partial charge is 0.339 e. The van der Waals surface area contributed by atoms with Crippen molar-refractivity contribution in [2.45, 2.75) is 13.8 Å². The molecule has 0 atom stereocenters. The third-order valence-electron chi connectivity index (χ3n) is 1.93. The first-order valence-electron chi connectivity index (χ1n) is 4.53. The maximum atomic E-state index is 4.93. The van der Waals surface area contributed by atoms with Gasteiger partial charge in [0.25, 0.3) is 0 Å². The first kappa shape index (κ1) is 9.51. The van der Waals surface area contributed by atoms with Gasteiger partial charge in [0.05, 0.1) is 0 Å². The quantitative estimate of drug-likeness (QED) is 0.740. The van der Waals surface area contributed by atoms with E-state index in [1.54, 1.807) is 19.3 Å². The molecule has 2 aromatic heterocycles. The van der Waals surface area contributed by atoms with Gasteiger partial charge < -0.3 is 4.52 Å². The zero-order chi connectivity index (χ0) is 10.7. The lowest BCUT2D eigenvalue weighted by atomic mass is 10.1. The molecular formula is C10H10N4O. The fourth-order valence-corrected chi connectivity index (χ4v) is 1.27. The van der Waals surface area contributed by atoms with Crippen molar-refractivity contribution in [2.75, 3.05) is 0 Å². The Kier molecular flexibility index (Phi) is 2.53. The lowest BCUT2D eigenvalue weighted by Gasteiger charge is -1.99. The molecule has 0 aliphatic carbocycles. The molecule has 0 amide bonds. The maximum absolute atomic E-state index is 4.93. The van der Waals surface area contributed by atoms with Crippen LogP contribution in [0.3, 0.4) is 0 Å². The van der Waals surface area contributed by atoms with Gasteiger partial charge in [-0.3, -0.25) is 0 Å². The number of nitrogens with zero attached hydrogens (tertiary/aromatic N) is 4. The molecule has 0 N–H and O–H groups in total. The SMILES string of the molecule is C/C=C(\c1cncnc1)c1noc(C)n1. The second-order valence-corrected chi connectivity index (χ2v) is 2.97. The van der Waals surface area contributed by atoms with E-state index in [0.717, 1.165) is 11.1 Å². The summed E-state index contributed by atoms with van der Waals surface area (Å²) in [6, 6.07) is 0. The summed E-state index contributed by atoms with van der Waals surface area (Å²) in [6.45, 7) is 3.67. The number of hydrogen-bond acceptors (Lipinski definition) is 5. The van der Waals surface area contributed by atoms with Crippen LogP contribution in [0.4, 0.5) is 0 Å². The average Bonchev–Trinajstić information content (AvgIpc) is 2.68. The molecule has 5 nitrogen and oxygen atoms in total. The second-order valence-electron chi connectivity index (χ2n) is 2.97. The molecule has 0 aliphatic rings. The minimum Gasteiger partial charge on any atom is -0.339 e. The summed E-state index contributed by atoms with van der Waals surface area (Å²) >= 11 is 0. The fourth-order valence-electron chi connectivity index (χ4n) is 1.27. The Morgan fingerprint density at radius 2 is 2.07 bits per heavy atom. The van der Waals surface area contributed by atoms with Gasteiger partial charge >= 0.3 is 0 Å². The van der Waals surface area contributed by atoms with Crippen LogP contribution in [0, 0.1) is 6.92 Å². The van der Waals surface area contributed by atoms with Crippen LogP contribution in [0.15, 0.2) is 29.3 Å². The van der Waals surface area contributed by atoms with Crippen molar-refractivity contribution in [2.24, 2.45) is 0 Å². The number of rotatable bonds is 2. The molecule has 2 aromatic rings. The molecule has 5 heteroatoms. The van der Waals surface area contributed by atoms with Crippen molar-refractivity contribution in [3.63, 3.8) is 0 Å². The second kappa shape index (κ2) is 4.00. The Morgan fingerprint density at radius 3 is 2.60 bits per heavy atom. The fraction of sp³-hybridized carbons (Fsp3) is 0.200. The van der Waals surface area contributed by atoms with E-state index in [1.807, 2.05) is 13.0 Å². The highest BCUT2D eigenvalue weighted by Crippen LogP contribution is 2.18. The van der Waals surface area contributed by atoms with Crippen LogP contribution in [0.2, 0.25) is 0 Å². The van der Waals surface area contributed by atoms with Crippen molar-refractivity contribution >= 4 is 5.57 Å². The van der Waals surface area contributed by atoms with Crippen LogP contribution in [-0.2, 0) is 0 Å². The first-order chi connectivity index (χ1) is 7.31. The maximum Gasteiger partial charge on any atom is 0.223 e. The van der Waals surface area contributed by atoms with Gasteiger partial charge in [0.1, 0.15) is 6.33 Å². The molecule has 0 spiro atoms. The highest BCUT2D eigenvalue weighted by Gasteiger charge is 2.10. The standard InChI is InChI=1S/C10H10N4O/c1-3-9(8-4-11-6-12-5-8)10-13-7(2)15-14-10/h3-6H,1-2H3/b9-3+. The third kappa shape index (κ3) is 1.90. The van der Waals surface area contributed by atoms with E-state index in [9.17, 15) is 0 Å². The molecule has 0 aromatic carbocycles. The number of aryl methyl sites for hydroxylation is 1. The number of hydrogen-bond donors (Lipinski definition) is 0. The van der Waals surface area contributed by atoms with Gasteiger partial charge in [0.2, 0.25) is 11.7 Å². The van der Waals surface area contributed by atoms with Gasteiger partial charge in [-0.25, -0.2) is 9.97 Å². The predicted molar refractivity (Wildman–Crippen MR) is 53.8 cm³/mol. The monoisotopic (exact) mass is 202 g/mol. The Balaban J connectivity index is 2.43. The summed E-state index contributed by atoms with van der Waals surface area (Å²) < 4.78 is 4.93. The number of aromatic nitrogens is 4. The predicted octanol–water partition coefficient (Wildman–Crippen LogP) is 1.62. The topological polar surface area (TPSA) is 64.7 Å². The first-order valence-corrected chi connectivity index (χ1v) is 4.53. The van der Waals surface area contributed by atoms with E-state index in [1.165, 1.54) is 6.33 Å². The van der Waals surface area contributed by atoms with Gasteiger partial charge in [-0.1, -0.05) is 11.2 Å². The van der Waals surface area contributed by atoms with Gasteiger partial charge in [0, 0.05) is 30.5 Å². The van der Waals surface area contributed by atoms with Gasteiger partial charge in [-0.15, -0.1) is 0 Å². The molecule has 2 rings (SSSR count). The minimum atomic E-state index is 0.543. The van der Waals surface area contributed by atoms with E-state index >= 15 is 0 Å². The Hall–Kier alpha value is -2.04. The molecule has 2 heterocycles. The summed E-state index contributed by atoms with van der Waals surface area (Å²) in [6.07, 6.45) is 6.82. The van der Waals surface area contributed by atoms with E-state index in [0.29, 0.717) is 11.7 Å². The Labute approximate surface area is 86.9 Å². The van der Waals surface area contributed by atoms with E-state index in [-0.39, 0.29) is 0 Å². The molecule has 0 radical (unpaired) electrons. The van der Waals surface area contributed by atoms with Crippen molar-refractivity contribution in [3.05, 3.63) is 42.1 Å². The van der Waals surface area contributed by atoms with Crippen LogP contribution in [0.25, 0.3) is 5.57 Å². The third-order valence-corrected chi connectivity index (χ3v) is 1.93. The summed E-state index contributed by atoms with van der Waals surface area (Å²) in [7, 11) is 0. The average molecular weight is 202 g/mol. The molecular weight excluding hydrogens is 192 g/mol. The highest BCUT2D eigenvalue weighted by atomic mass is 16.5. The van der Waals surface area contributed by atoms with Crippen LogP contribution >= 0.6 is 0 Å². The van der Waals surface area contributed by atoms with Crippen LogP contribution < -0.4 is 0 Å². The van der Waals surface area contributed by atoms with Gasteiger partial charge in [-0.05, 0) is 6.92 Å². The normalized spacial score (nSPS) is 11.7. The van der Waals surface area contributed by atoms with Crippen molar-refractivity contribution in [3.8, 4) is 0 Å². The highest BCUT2D eigenvalue weighted by molar-refractivity contribution is 5.74. The molecule has 0 fully saturated rings. The van der Waals surface area contributed by atoms with Crippen LogP contribution in [0.5, 0.6) is 0 Å². The van der Waals surface area contributed by atoms with Gasteiger partial charge in [-0.2, -0.15) is 4.98 Å². The molecule has 0 saturated heterocycles. The Morgan fingerprint density at radius 1 is 1.33 bits per heavy atom. The summed E-state index contributed by atoms with van der Waals surface area (Å²) in [4.78, 5) is 12.1. The number of allylic oxidation sites excluding steroid dienone is 1. The minimum absolute atomic E-state index is 0.543. The summed E-state index contributed by atoms with van der Waals surface area (Å²) in [5, 5.41) is 3.85. The summed E-state index contributed by atoms with van der Waals surface area (Å²) in [5.74, 6) is 1.10. The van der Waals surface area contributed by atoms with E-state index < -0.39 is 0 Å². The van der Waals surface area contributed by atoms with Crippen LogP contribution in [0.1, 0.15) is 24.2 Å². The molecule has 0 bridgehead atoms. The van der Waals surface area contributed by atoms with Crippen molar-refractivity contribution in [1.29, 1.82) is 0 Å². The molecule has 76 valence electrons. The Bertz CT molecular complexity index is 475. The van der Waals surface area contributed by atoms with Crippen molar-refractivity contribution in [1.82, 2.24) is 20.1 Å². The van der Waals surface area contributed by atoms with Crippen LogP contribution in [-0.4, -0.2) is 20.1 Å². The molecule has 0 aliphatic heterocycles. The molecule has 15 heavy (non-hydrogen) atoms.